The summed E-state index contributed by atoms with van der Waals surface area (Å²) in [6, 6.07) is 10.6. The van der Waals surface area contributed by atoms with Crippen LogP contribution in [0.3, 0.4) is 0 Å². The van der Waals surface area contributed by atoms with Crippen LogP contribution in [0.25, 0.3) is 0 Å². The zero-order valence-electron chi connectivity index (χ0n) is 26.5. The summed E-state index contributed by atoms with van der Waals surface area (Å²) >= 11 is 0. The van der Waals surface area contributed by atoms with Crippen molar-refractivity contribution >= 4 is 50.9 Å². The van der Waals surface area contributed by atoms with Crippen LogP contribution in [0.5, 0.6) is 11.5 Å². The highest BCUT2D eigenvalue weighted by atomic mass is 32.2. The molecule has 256 valence electrons. The normalized spacial score (nSPS) is 15.2. The third kappa shape index (κ3) is 7.47. The number of hydrogen-bond donors (Lipinski definition) is 2. The summed E-state index contributed by atoms with van der Waals surface area (Å²) in [5, 5.41) is 5.38. The number of pyridine rings is 2. The molecule has 1 saturated heterocycles. The van der Waals surface area contributed by atoms with E-state index >= 15 is 4.39 Å². The van der Waals surface area contributed by atoms with Gasteiger partial charge in [-0.05, 0) is 56.3 Å². The largest absolute Gasteiger partial charge is 0.454 e. The number of carbonyl (C=O) groups excluding carboxylic acids is 3. The molecule has 2 aromatic carbocycles. The Labute approximate surface area is 279 Å². The summed E-state index contributed by atoms with van der Waals surface area (Å²) in [7, 11) is -0.845. The number of anilines is 4. The number of ether oxygens (including phenoxy) is 1. The van der Waals surface area contributed by atoms with Crippen molar-refractivity contribution in [3.63, 3.8) is 0 Å². The van der Waals surface area contributed by atoms with E-state index in [1.54, 1.807) is 13.8 Å². The van der Waals surface area contributed by atoms with Crippen LogP contribution in [0, 0.1) is 23.4 Å². The minimum Gasteiger partial charge on any atom is -0.454 e. The summed E-state index contributed by atoms with van der Waals surface area (Å²) in [5.74, 6) is -6.04. The van der Waals surface area contributed by atoms with Crippen molar-refractivity contribution in [1.29, 1.82) is 0 Å². The van der Waals surface area contributed by atoms with Crippen molar-refractivity contribution in [2.45, 2.75) is 24.8 Å². The molecule has 1 atom stereocenters. The zero-order valence-corrected chi connectivity index (χ0v) is 27.3. The topological polar surface area (TPSA) is 154 Å². The number of benzene rings is 2. The maximum Gasteiger partial charge on any atom is 0.331 e. The van der Waals surface area contributed by atoms with Crippen molar-refractivity contribution < 1.29 is 40.7 Å². The monoisotopic (exact) mass is 697 g/mol. The quantitative estimate of drug-likeness (QED) is 0.215. The number of aromatic nitrogens is 2. The Morgan fingerprint density at radius 2 is 1.69 bits per heavy atom. The Bertz CT molecular complexity index is 2030. The summed E-state index contributed by atoms with van der Waals surface area (Å²) in [4.78, 5) is 49.9. The number of carbonyl (C=O) groups is 3. The predicted octanol–water partition coefficient (Wildman–Crippen LogP) is 5.11. The number of sulfonamides is 1. The fourth-order valence-electron chi connectivity index (χ4n) is 4.73. The number of nitrogens with zero attached hydrogens (tertiary/aromatic N) is 5. The maximum atomic E-state index is 15.2. The smallest absolute Gasteiger partial charge is 0.331 e. The van der Waals surface area contributed by atoms with Crippen molar-refractivity contribution in [1.82, 2.24) is 19.2 Å². The predicted molar refractivity (Wildman–Crippen MR) is 172 cm³/mol. The number of rotatable bonds is 10. The van der Waals surface area contributed by atoms with Gasteiger partial charge < -0.3 is 20.3 Å². The lowest BCUT2D eigenvalue weighted by Gasteiger charge is -2.39. The second-order valence-corrected chi connectivity index (χ2v) is 13.4. The highest BCUT2D eigenvalue weighted by Crippen LogP contribution is 2.30. The van der Waals surface area contributed by atoms with Crippen molar-refractivity contribution in [3.8, 4) is 11.5 Å². The average molecular weight is 698 g/mol. The molecule has 0 radical (unpaired) electrons. The van der Waals surface area contributed by atoms with Gasteiger partial charge in [-0.25, -0.2) is 45.6 Å². The number of nitrogens with one attached hydrogen (secondary N) is 2. The van der Waals surface area contributed by atoms with Crippen LogP contribution in [0.2, 0.25) is 0 Å². The second-order valence-electron chi connectivity index (χ2n) is 11.3. The van der Waals surface area contributed by atoms with Crippen LogP contribution in [-0.4, -0.2) is 72.1 Å². The van der Waals surface area contributed by atoms with Gasteiger partial charge in [-0.3, -0.25) is 9.59 Å². The number of urea groups is 1. The van der Waals surface area contributed by atoms with Gasteiger partial charge in [0.15, 0.2) is 23.2 Å². The summed E-state index contributed by atoms with van der Waals surface area (Å²) < 4.78 is 74.0. The highest BCUT2D eigenvalue weighted by molar-refractivity contribution is 7.89. The molecule has 2 aromatic heterocycles. The van der Waals surface area contributed by atoms with Gasteiger partial charge in [0.25, 0.3) is 0 Å². The summed E-state index contributed by atoms with van der Waals surface area (Å²) in [6.45, 7) is 3.03. The van der Waals surface area contributed by atoms with Gasteiger partial charge in [0.1, 0.15) is 28.2 Å². The van der Waals surface area contributed by atoms with E-state index in [1.165, 1.54) is 67.8 Å². The molecule has 0 spiro atoms. The van der Waals surface area contributed by atoms with Gasteiger partial charge >= 0.3 is 6.03 Å². The number of amides is 4. The molecule has 2 N–H and O–H groups in total. The number of imide groups is 1. The molecule has 0 saturated carbocycles. The Morgan fingerprint density at radius 3 is 2.33 bits per heavy atom. The highest BCUT2D eigenvalue weighted by Gasteiger charge is 2.44. The lowest BCUT2D eigenvalue weighted by Crippen LogP contribution is -2.61. The van der Waals surface area contributed by atoms with Gasteiger partial charge in [0, 0.05) is 63.0 Å². The van der Waals surface area contributed by atoms with E-state index in [4.69, 9.17) is 4.74 Å². The van der Waals surface area contributed by atoms with Crippen LogP contribution in [0.15, 0.2) is 78.0 Å². The first-order chi connectivity index (χ1) is 23.1. The van der Waals surface area contributed by atoms with E-state index in [9.17, 15) is 31.6 Å². The summed E-state index contributed by atoms with van der Waals surface area (Å²) in [6.07, 6.45) is 2.59. The molecule has 5 rings (SSSR count). The molecule has 1 fully saturated rings. The van der Waals surface area contributed by atoms with E-state index in [2.05, 4.69) is 20.6 Å². The van der Waals surface area contributed by atoms with Crippen LogP contribution >= 0.6 is 0 Å². The fourth-order valence-corrected chi connectivity index (χ4v) is 5.58. The second kappa shape index (κ2) is 13.9. The minimum atomic E-state index is -3.66. The van der Waals surface area contributed by atoms with Crippen LogP contribution in [0.4, 0.5) is 41.0 Å². The van der Waals surface area contributed by atoms with Crippen LogP contribution in [-0.2, 0) is 19.6 Å². The maximum absolute atomic E-state index is 15.2. The number of hydrogen-bond acceptors (Lipinski definition) is 9. The number of halogens is 3. The molecule has 0 aliphatic carbocycles. The molecule has 1 aliphatic heterocycles. The van der Waals surface area contributed by atoms with Gasteiger partial charge in [-0.1, -0.05) is 0 Å². The molecule has 17 heteroatoms. The van der Waals surface area contributed by atoms with Crippen LogP contribution in [0.1, 0.15) is 13.8 Å². The molecule has 1 aliphatic rings. The molecular formula is C32H30F3N7O6S. The third-order valence-electron chi connectivity index (χ3n) is 7.37. The van der Waals surface area contributed by atoms with E-state index < -0.39 is 57.3 Å². The van der Waals surface area contributed by atoms with E-state index in [0.29, 0.717) is 16.8 Å². The lowest BCUT2D eigenvalue weighted by atomic mass is 10.0. The molecule has 49 heavy (non-hydrogen) atoms. The van der Waals surface area contributed by atoms with E-state index in [1.807, 2.05) is 0 Å². The van der Waals surface area contributed by atoms with Gasteiger partial charge in [-0.2, -0.15) is 0 Å². The lowest BCUT2D eigenvalue weighted by molar-refractivity contribution is -0.132. The molecular weight excluding hydrogens is 667 g/mol. The SMILES string of the molecule is CC(C)N1CC(C(=O)Nc2ccc(Oc3ccnc(Nc4ccc(S(=O)(=O)N(C)C)cn4)c3)c(F)c2)C(=O)N(c2ccc(F)c(F)c2)C1=O. The molecule has 0 bridgehead atoms. The first-order valence-electron chi connectivity index (χ1n) is 14.6. The van der Waals surface area contributed by atoms with E-state index in [-0.39, 0.29) is 40.1 Å². The van der Waals surface area contributed by atoms with Gasteiger partial charge in [0.05, 0.1) is 5.69 Å². The molecule has 4 aromatic rings. The first-order valence-corrected chi connectivity index (χ1v) is 16.1. The molecule has 13 nitrogen and oxygen atoms in total. The third-order valence-corrected chi connectivity index (χ3v) is 9.16. The Kier molecular flexibility index (Phi) is 9.86. The molecule has 4 amide bonds. The Hall–Kier alpha value is -5.55. The minimum absolute atomic E-state index is 0.00447. The average Bonchev–Trinajstić information content (AvgIpc) is 3.04. The van der Waals surface area contributed by atoms with Crippen molar-refractivity contribution in [2.75, 3.05) is 36.2 Å². The summed E-state index contributed by atoms with van der Waals surface area (Å²) in [5.41, 5.74) is -0.262. The standard InChI is InChI=1S/C32H30F3N7O6S/c1-18(2)41-17-23(31(44)42(32(41)45)20-6-8-24(33)25(34)14-20)30(43)38-19-5-9-27(26(35)13-19)48-21-11-12-36-29(15-21)39-28-10-7-22(16-37-28)49(46,47)40(3)4/h5-16,18,23H,17H2,1-4H3,(H,38,43)(H,36,37,39). The van der Waals surface area contributed by atoms with Gasteiger partial charge in [-0.15, -0.1) is 0 Å². The van der Waals surface area contributed by atoms with Gasteiger partial charge in [0.2, 0.25) is 21.8 Å². The Balaban J connectivity index is 1.28. The fraction of sp³-hybridized carbons (Fsp3) is 0.219. The van der Waals surface area contributed by atoms with Crippen LogP contribution < -0.4 is 20.3 Å². The van der Waals surface area contributed by atoms with E-state index in [0.717, 1.165) is 22.5 Å². The first kappa shape index (κ1) is 34.8. The molecule has 3 heterocycles. The zero-order chi connectivity index (χ0) is 35.6. The molecule has 1 unspecified atom stereocenters. The van der Waals surface area contributed by atoms with Crippen molar-refractivity contribution in [3.05, 3.63) is 90.5 Å². The van der Waals surface area contributed by atoms with Crippen molar-refractivity contribution in [2.24, 2.45) is 5.92 Å². The Morgan fingerprint density at radius 1 is 0.939 bits per heavy atom.